The number of benzene rings is 1. The quantitative estimate of drug-likeness (QED) is 0.805. The molecule has 4 nitrogen and oxygen atoms in total. The Bertz CT molecular complexity index is 603. The third-order valence-electron chi connectivity index (χ3n) is 2.38. The molecule has 0 unspecified atom stereocenters. The summed E-state index contributed by atoms with van der Waals surface area (Å²) in [6.07, 6.45) is 0.571. The summed E-state index contributed by atoms with van der Waals surface area (Å²) < 4.78 is 41.6. The summed E-state index contributed by atoms with van der Waals surface area (Å²) in [7, 11) is -3.10. The van der Waals surface area contributed by atoms with E-state index in [0.717, 1.165) is 0 Å². The molecule has 1 aromatic rings. The molecule has 0 atom stereocenters. The molecule has 0 amide bonds. The monoisotopic (exact) mass is 299 g/mol. The fourth-order valence-corrected chi connectivity index (χ4v) is 2.73. The van der Waals surface area contributed by atoms with Gasteiger partial charge in [0, 0.05) is 11.6 Å². The summed E-state index contributed by atoms with van der Waals surface area (Å²) in [5, 5.41) is 0. The van der Waals surface area contributed by atoms with Crippen molar-refractivity contribution in [2.45, 2.75) is 13.3 Å². The van der Waals surface area contributed by atoms with Gasteiger partial charge in [-0.15, -0.1) is 0 Å². The molecule has 0 aliphatic carbocycles. The predicted octanol–water partition coefficient (Wildman–Crippen LogP) is 1.34. The predicted molar refractivity (Wildman–Crippen MR) is 76.8 cm³/mol. The Labute approximate surface area is 119 Å². The van der Waals surface area contributed by atoms with Crippen molar-refractivity contribution < 1.29 is 17.5 Å². The number of sulfone groups is 1. The molecular formula is C14H18FNO3S. The Morgan fingerprint density at radius 1 is 1.30 bits per heavy atom. The molecule has 2 N–H and O–H groups in total. The Balaban J connectivity index is 2.67. The van der Waals surface area contributed by atoms with E-state index in [2.05, 4.69) is 11.8 Å². The second-order valence-corrected chi connectivity index (χ2v) is 6.49. The van der Waals surface area contributed by atoms with Crippen molar-refractivity contribution >= 4 is 9.84 Å². The summed E-state index contributed by atoms with van der Waals surface area (Å²) in [5.41, 5.74) is 5.69. The summed E-state index contributed by atoms with van der Waals surface area (Å²) in [4.78, 5) is 0. The fraction of sp³-hybridized carbons (Fsp3) is 0.429. The standard InChI is InChI=1S/C14H18FNO3S/c1-2-7-20(17,18)8-6-19-14-10-12(4-3-5-16)9-13(15)11-14/h9-11H,2,5-8,16H2,1H3. The molecule has 0 radical (unpaired) electrons. The van der Waals surface area contributed by atoms with Crippen LogP contribution in [0.5, 0.6) is 5.75 Å². The Kier molecular flexibility index (Phi) is 6.49. The summed E-state index contributed by atoms with van der Waals surface area (Å²) in [6.45, 7) is 1.98. The van der Waals surface area contributed by atoms with Gasteiger partial charge in [0.2, 0.25) is 0 Å². The van der Waals surface area contributed by atoms with E-state index >= 15 is 0 Å². The zero-order valence-electron chi connectivity index (χ0n) is 11.4. The lowest BCUT2D eigenvalue weighted by Gasteiger charge is -2.07. The van der Waals surface area contributed by atoms with E-state index in [0.29, 0.717) is 12.0 Å². The minimum absolute atomic E-state index is 0.00442. The lowest BCUT2D eigenvalue weighted by Crippen LogP contribution is -2.16. The third-order valence-corrected chi connectivity index (χ3v) is 4.20. The molecule has 6 heteroatoms. The van der Waals surface area contributed by atoms with Crippen LogP contribution < -0.4 is 10.5 Å². The maximum atomic E-state index is 13.3. The number of rotatable bonds is 6. The molecule has 20 heavy (non-hydrogen) atoms. The molecule has 0 aliphatic heterocycles. The first-order valence-corrected chi connectivity index (χ1v) is 8.11. The molecule has 0 spiro atoms. The van der Waals surface area contributed by atoms with Crippen molar-refractivity contribution in [3.8, 4) is 17.6 Å². The zero-order chi connectivity index (χ0) is 15.0. The van der Waals surface area contributed by atoms with Crippen molar-refractivity contribution in [1.29, 1.82) is 0 Å². The second kappa shape index (κ2) is 7.88. The lowest BCUT2D eigenvalue weighted by molar-refractivity contribution is 0.339. The molecule has 0 heterocycles. The van der Waals surface area contributed by atoms with Crippen LogP contribution in [0.1, 0.15) is 18.9 Å². The van der Waals surface area contributed by atoms with Crippen LogP contribution in [0.2, 0.25) is 0 Å². The van der Waals surface area contributed by atoms with E-state index < -0.39 is 15.7 Å². The van der Waals surface area contributed by atoms with Gasteiger partial charge in [-0.25, -0.2) is 12.8 Å². The van der Waals surface area contributed by atoms with E-state index in [-0.39, 0.29) is 30.4 Å². The lowest BCUT2D eigenvalue weighted by atomic mass is 10.2. The van der Waals surface area contributed by atoms with Gasteiger partial charge in [-0.05, 0) is 18.6 Å². The minimum atomic E-state index is -3.10. The molecule has 110 valence electrons. The van der Waals surface area contributed by atoms with Gasteiger partial charge >= 0.3 is 0 Å². The Morgan fingerprint density at radius 3 is 2.70 bits per heavy atom. The molecule has 0 aromatic heterocycles. The Hall–Kier alpha value is -1.58. The molecular weight excluding hydrogens is 281 g/mol. The number of halogens is 1. The zero-order valence-corrected chi connectivity index (χ0v) is 12.2. The number of nitrogens with two attached hydrogens (primary N) is 1. The minimum Gasteiger partial charge on any atom is -0.492 e. The maximum Gasteiger partial charge on any atom is 0.153 e. The molecule has 0 aliphatic rings. The summed E-state index contributed by atoms with van der Waals surface area (Å²) in [5.74, 6) is 5.14. The van der Waals surface area contributed by atoms with Crippen LogP contribution in [0, 0.1) is 17.7 Å². The van der Waals surface area contributed by atoms with Crippen LogP contribution >= 0.6 is 0 Å². The van der Waals surface area contributed by atoms with Gasteiger partial charge in [0.05, 0.1) is 18.1 Å². The fourth-order valence-electron chi connectivity index (χ4n) is 1.57. The van der Waals surface area contributed by atoms with Crippen molar-refractivity contribution in [2.75, 3.05) is 24.7 Å². The average molecular weight is 299 g/mol. The van der Waals surface area contributed by atoms with Gasteiger partial charge in [-0.3, -0.25) is 0 Å². The van der Waals surface area contributed by atoms with Gasteiger partial charge in [0.25, 0.3) is 0 Å². The largest absolute Gasteiger partial charge is 0.492 e. The highest BCUT2D eigenvalue weighted by atomic mass is 32.2. The highest BCUT2D eigenvalue weighted by molar-refractivity contribution is 7.91. The molecule has 0 saturated heterocycles. The summed E-state index contributed by atoms with van der Waals surface area (Å²) in [6, 6.07) is 4.02. The van der Waals surface area contributed by atoms with Crippen LogP contribution in [0.25, 0.3) is 0 Å². The summed E-state index contributed by atoms with van der Waals surface area (Å²) >= 11 is 0. The van der Waals surface area contributed by atoms with E-state index in [4.69, 9.17) is 10.5 Å². The molecule has 1 rings (SSSR count). The van der Waals surface area contributed by atoms with Crippen LogP contribution in [0.3, 0.4) is 0 Å². The van der Waals surface area contributed by atoms with Crippen molar-refractivity contribution in [1.82, 2.24) is 0 Å². The molecule has 0 fully saturated rings. The molecule has 1 aromatic carbocycles. The van der Waals surface area contributed by atoms with E-state index in [1.807, 2.05) is 0 Å². The molecule has 0 saturated carbocycles. The highest BCUT2D eigenvalue weighted by Gasteiger charge is 2.09. The SMILES string of the molecule is CCCS(=O)(=O)CCOc1cc(F)cc(C#CCN)c1. The smallest absolute Gasteiger partial charge is 0.153 e. The topological polar surface area (TPSA) is 69.4 Å². The average Bonchev–Trinajstić information content (AvgIpc) is 2.35. The van der Waals surface area contributed by atoms with Crippen molar-refractivity contribution in [3.63, 3.8) is 0 Å². The van der Waals surface area contributed by atoms with Gasteiger partial charge in [-0.1, -0.05) is 18.8 Å². The highest BCUT2D eigenvalue weighted by Crippen LogP contribution is 2.16. The normalized spacial score (nSPS) is 10.8. The maximum absolute atomic E-state index is 13.3. The van der Waals surface area contributed by atoms with Gasteiger partial charge in [-0.2, -0.15) is 0 Å². The van der Waals surface area contributed by atoms with E-state index in [1.165, 1.54) is 12.1 Å². The number of ether oxygens (including phenoxy) is 1. The second-order valence-electron chi connectivity index (χ2n) is 4.18. The number of hydrogen-bond donors (Lipinski definition) is 1. The van der Waals surface area contributed by atoms with E-state index in [9.17, 15) is 12.8 Å². The Morgan fingerprint density at radius 2 is 2.05 bits per heavy atom. The van der Waals surface area contributed by atoms with Crippen molar-refractivity contribution in [3.05, 3.63) is 29.6 Å². The van der Waals surface area contributed by atoms with Gasteiger partial charge in [0.15, 0.2) is 9.84 Å². The van der Waals surface area contributed by atoms with Gasteiger partial charge in [0.1, 0.15) is 18.2 Å². The first kappa shape index (κ1) is 16.5. The van der Waals surface area contributed by atoms with Crippen LogP contribution in [0.4, 0.5) is 4.39 Å². The van der Waals surface area contributed by atoms with E-state index in [1.54, 1.807) is 13.0 Å². The van der Waals surface area contributed by atoms with Crippen LogP contribution in [-0.4, -0.2) is 33.1 Å². The van der Waals surface area contributed by atoms with Crippen molar-refractivity contribution in [2.24, 2.45) is 5.73 Å². The first-order valence-electron chi connectivity index (χ1n) is 6.29. The molecule has 0 bridgehead atoms. The number of hydrogen-bond acceptors (Lipinski definition) is 4. The van der Waals surface area contributed by atoms with Crippen LogP contribution in [-0.2, 0) is 9.84 Å². The third kappa shape index (κ3) is 6.04. The van der Waals surface area contributed by atoms with Crippen LogP contribution in [0.15, 0.2) is 18.2 Å². The first-order chi connectivity index (χ1) is 9.46. The van der Waals surface area contributed by atoms with Gasteiger partial charge < -0.3 is 10.5 Å².